The van der Waals surface area contributed by atoms with E-state index in [2.05, 4.69) is 6.58 Å². The van der Waals surface area contributed by atoms with Crippen molar-refractivity contribution < 1.29 is 4.79 Å². The lowest BCUT2D eigenvalue weighted by Crippen LogP contribution is -2.49. The maximum absolute atomic E-state index is 11.3. The van der Waals surface area contributed by atoms with Crippen molar-refractivity contribution in [1.29, 1.82) is 0 Å². The monoisotopic (exact) mass is 168 g/mol. The third-order valence-electron chi connectivity index (χ3n) is 2.38. The van der Waals surface area contributed by atoms with Gasteiger partial charge in [-0.3, -0.25) is 4.79 Å². The van der Waals surface area contributed by atoms with Crippen LogP contribution in [0.5, 0.6) is 0 Å². The Morgan fingerprint density at radius 2 is 2.33 bits per heavy atom. The maximum Gasteiger partial charge on any atom is 0.246 e. The third kappa shape index (κ3) is 1.85. The van der Waals surface area contributed by atoms with E-state index in [4.69, 9.17) is 5.73 Å². The highest BCUT2D eigenvalue weighted by molar-refractivity contribution is 5.87. The highest BCUT2D eigenvalue weighted by Crippen LogP contribution is 2.15. The van der Waals surface area contributed by atoms with Crippen LogP contribution in [0.1, 0.15) is 19.8 Å². The van der Waals surface area contributed by atoms with Gasteiger partial charge in [0, 0.05) is 18.6 Å². The molecule has 3 nitrogen and oxygen atoms in total. The fourth-order valence-electron chi connectivity index (χ4n) is 1.56. The predicted molar refractivity (Wildman–Crippen MR) is 48.6 cm³/mol. The van der Waals surface area contributed by atoms with Gasteiger partial charge in [0.2, 0.25) is 5.91 Å². The molecule has 0 aliphatic carbocycles. The average Bonchev–Trinajstić information content (AvgIpc) is 2.08. The van der Waals surface area contributed by atoms with Crippen LogP contribution < -0.4 is 5.73 Å². The lowest BCUT2D eigenvalue weighted by atomic mass is 10.00. The van der Waals surface area contributed by atoms with E-state index in [-0.39, 0.29) is 11.9 Å². The van der Waals surface area contributed by atoms with E-state index in [1.54, 1.807) is 4.90 Å². The summed E-state index contributed by atoms with van der Waals surface area (Å²) in [5, 5.41) is 0. The Morgan fingerprint density at radius 3 is 2.92 bits per heavy atom. The summed E-state index contributed by atoms with van der Waals surface area (Å²) in [5.41, 5.74) is 5.75. The molecular weight excluding hydrogens is 152 g/mol. The molecule has 2 N–H and O–H groups in total. The quantitative estimate of drug-likeness (QED) is 0.580. The van der Waals surface area contributed by atoms with Gasteiger partial charge in [0.05, 0.1) is 0 Å². The molecule has 1 aliphatic heterocycles. The van der Waals surface area contributed by atoms with Gasteiger partial charge in [-0.15, -0.1) is 0 Å². The zero-order valence-electron chi connectivity index (χ0n) is 7.49. The lowest BCUT2D eigenvalue weighted by molar-refractivity contribution is -0.129. The molecule has 0 aromatic heterocycles. The Balaban J connectivity index is 2.60. The van der Waals surface area contributed by atoms with Gasteiger partial charge in [0.25, 0.3) is 0 Å². The second-order valence-corrected chi connectivity index (χ2v) is 3.38. The van der Waals surface area contributed by atoms with E-state index in [1.807, 2.05) is 6.92 Å². The van der Waals surface area contributed by atoms with Crippen LogP contribution in [0.2, 0.25) is 0 Å². The first kappa shape index (κ1) is 9.26. The molecule has 0 unspecified atom stereocenters. The van der Waals surface area contributed by atoms with Gasteiger partial charge in [0.1, 0.15) is 0 Å². The fraction of sp³-hybridized carbons (Fsp3) is 0.667. The Bertz CT molecular complexity index is 191. The van der Waals surface area contributed by atoms with Crippen molar-refractivity contribution >= 4 is 5.91 Å². The minimum Gasteiger partial charge on any atom is -0.335 e. The van der Waals surface area contributed by atoms with Crippen molar-refractivity contribution in [2.75, 3.05) is 6.54 Å². The molecule has 0 aromatic carbocycles. The van der Waals surface area contributed by atoms with E-state index in [0.717, 1.165) is 12.8 Å². The molecule has 0 saturated carbocycles. The summed E-state index contributed by atoms with van der Waals surface area (Å²) in [4.78, 5) is 13.1. The average molecular weight is 168 g/mol. The molecule has 1 saturated heterocycles. The second-order valence-electron chi connectivity index (χ2n) is 3.38. The molecule has 1 amide bonds. The number of nitrogens with zero attached hydrogens (tertiary/aromatic N) is 1. The van der Waals surface area contributed by atoms with E-state index in [9.17, 15) is 4.79 Å². The number of hydrogen-bond donors (Lipinski definition) is 1. The predicted octanol–water partition coefficient (Wildman–Crippen LogP) is 0.511. The fourth-order valence-corrected chi connectivity index (χ4v) is 1.56. The summed E-state index contributed by atoms with van der Waals surface area (Å²) in [5.74, 6) is -0.00218. The zero-order valence-corrected chi connectivity index (χ0v) is 7.49. The normalized spacial score (nSPS) is 30.0. The number of carbonyl (C=O) groups excluding carboxylic acids is 1. The van der Waals surface area contributed by atoms with Gasteiger partial charge in [0.15, 0.2) is 0 Å². The topological polar surface area (TPSA) is 46.3 Å². The number of likely N-dealkylation sites (tertiary alicyclic amines) is 1. The SMILES string of the molecule is C=CC(=O)N1C[C@H](N)CC[C@@H]1C. The van der Waals surface area contributed by atoms with E-state index < -0.39 is 0 Å². The minimum absolute atomic E-state index is 0.00218. The van der Waals surface area contributed by atoms with Crippen LogP contribution in [-0.4, -0.2) is 29.4 Å². The largest absolute Gasteiger partial charge is 0.335 e. The molecule has 68 valence electrons. The van der Waals surface area contributed by atoms with Gasteiger partial charge in [-0.2, -0.15) is 0 Å². The van der Waals surface area contributed by atoms with Crippen LogP contribution in [0, 0.1) is 0 Å². The van der Waals surface area contributed by atoms with Crippen LogP contribution in [0.15, 0.2) is 12.7 Å². The van der Waals surface area contributed by atoms with Gasteiger partial charge in [-0.25, -0.2) is 0 Å². The number of rotatable bonds is 1. The summed E-state index contributed by atoms with van der Waals surface area (Å²) in [7, 11) is 0. The van der Waals surface area contributed by atoms with Crippen LogP contribution >= 0.6 is 0 Å². The molecule has 1 fully saturated rings. The van der Waals surface area contributed by atoms with Gasteiger partial charge < -0.3 is 10.6 Å². The van der Waals surface area contributed by atoms with Crippen molar-refractivity contribution in [1.82, 2.24) is 4.90 Å². The molecule has 0 bridgehead atoms. The van der Waals surface area contributed by atoms with Gasteiger partial charge in [-0.05, 0) is 25.8 Å². The molecule has 0 aromatic rings. The van der Waals surface area contributed by atoms with Crippen molar-refractivity contribution in [3.8, 4) is 0 Å². The van der Waals surface area contributed by atoms with E-state index in [0.29, 0.717) is 12.6 Å². The maximum atomic E-state index is 11.3. The Morgan fingerprint density at radius 1 is 1.67 bits per heavy atom. The summed E-state index contributed by atoms with van der Waals surface area (Å²) in [6.07, 6.45) is 3.37. The number of carbonyl (C=O) groups is 1. The van der Waals surface area contributed by atoms with Gasteiger partial charge in [-0.1, -0.05) is 6.58 Å². The van der Waals surface area contributed by atoms with E-state index >= 15 is 0 Å². The summed E-state index contributed by atoms with van der Waals surface area (Å²) >= 11 is 0. The smallest absolute Gasteiger partial charge is 0.246 e. The van der Waals surface area contributed by atoms with Crippen LogP contribution in [0.4, 0.5) is 0 Å². The first-order valence-electron chi connectivity index (χ1n) is 4.33. The molecule has 12 heavy (non-hydrogen) atoms. The Labute approximate surface area is 73.2 Å². The summed E-state index contributed by atoms with van der Waals surface area (Å²) in [6.45, 7) is 6.18. The highest BCUT2D eigenvalue weighted by Gasteiger charge is 2.25. The number of nitrogens with two attached hydrogens (primary N) is 1. The van der Waals surface area contributed by atoms with Gasteiger partial charge >= 0.3 is 0 Å². The number of piperidine rings is 1. The molecule has 2 atom stereocenters. The molecule has 1 aliphatic rings. The van der Waals surface area contributed by atoms with Crippen molar-refractivity contribution in [3.05, 3.63) is 12.7 Å². The molecule has 1 heterocycles. The molecule has 1 rings (SSSR count). The molecular formula is C9H16N2O. The van der Waals surface area contributed by atoms with Crippen LogP contribution in [0.3, 0.4) is 0 Å². The molecule has 0 spiro atoms. The highest BCUT2D eigenvalue weighted by atomic mass is 16.2. The second kappa shape index (κ2) is 3.72. The zero-order chi connectivity index (χ0) is 9.14. The van der Waals surface area contributed by atoms with E-state index in [1.165, 1.54) is 6.08 Å². The molecule has 3 heteroatoms. The van der Waals surface area contributed by atoms with Crippen molar-refractivity contribution in [3.63, 3.8) is 0 Å². The van der Waals surface area contributed by atoms with Crippen molar-refractivity contribution in [2.24, 2.45) is 5.73 Å². The third-order valence-corrected chi connectivity index (χ3v) is 2.38. The Hall–Kier alpha value is -0.830. The number of amides is 1. The summed E-state index contributed by atoms with van der Waals surface area (Å²) in [6, 6.07) is 0.459. The van der Waals surface area contributed by atoms with Crippen molar-refractivity contribution in [2.45, 2.75) is 31.8 Å². The lowest BCUT2D eigenvalue weighted by Gasteiger charge is -2.35. The summed E-state index contributed by atoms with van der Waals surface area (Å²) < 4.78 is 0. The first-order valence-corrected chi connectivity index (χ1v) is 4.33. The van der Waals surface area contributed by atoms with Crippen LogP contribution in [0.25, 0.3) is 0 Å². The number of hydrogen-bond acceptors (Lipinski definition) is 2. The first-order chi connectivity index (χ1) is 5.65. The molecule has 0 radical (unpaired) electrons. The Kier molecular flexibility index (Phi) is 2.87. The van der Waals surface area contributed by atoms with Crippen LogP contribution in [-0.2, 0) is 4.79 Å². The minimum atomic E-state index is -0.00218. The standard InChI is InChI=1S/C9H16N2O/c1-3-9(12)11-6-8(10)5-4-7(11)2/h3,7-8H,1,4-6,10H2,2H3/t7-,8+/m0/s1.